The van der Waals surface area contributed by atoms with Gasteiger partial charge in [-0.3, -0.25) is 0 Å². The second-order valence-corrected chi connectivity index (χ2v) is 5.48. The first-order valence-electron chi connectivity index (χ1n) is 6.46. The van der Waals surface area contributed by atoms with E-state index in [1.165, 1.54) is 12.1 Å². The summed E-state index contributed by atoms with van der Waals surface area (Å²) in [6.07, 6.45) is 2.77. The quantitative estimate of drug-likeness (QED) is 0.795. The first-order chi connectivity index (χ1) is 8.55. The molecule has 1 aromatic rings. The van der Waals surface area contributed by atoms with Gasteiger partial charge in [-0.05, 0) is 56.9 Å². The minimum atomic E-state index is -0.206. The molecule has 0 spiro atoms. The van der Waals surface area contributed by atoms with Crippen molar-refractivity contribution in [3.05, 3.63) is 30.1 Å². The van der Waals surface area contributed by atoms with Crippen molar-refractivity contribution in [1.82, 2.24) is 0 Å². The van der Waals surface area contributed by atoms with Gasteiger partial charge >= 0.3 is 0 Å². The van der Waals surface area contributed by atoms with Gasteiger partial charge in [-0.1, -0.05) is 0 Å². The largest absolute Gasteiger partial charge is 0.366 e. The molecule has 0 saturated carbocycles. The Morgan fingerprint density at radius 1 is 1.39 bits per heavy atom. The zero-order valence-corrected chi connectivity index (χ0v) is 11.0. The van der Waals surface area contributed by atoms with Crippen LogP contribution in [-0.4, -0.2) is 12.1 Å². The summed E-state index contributed by atoms with van der Waals surface area (Å²) >= 11 is 0. The average Bonchev–Trinajstić information content (AvgIpc) is 2.33. The van der Waals surface area contributed by atoms with Crippen molar-refractivity contribution in [2.45, 2.75) is 38.6 Å². The second kappa shape index (κ2) is 4.97. The minimum Gasteiger partial charge on any atom is -0.366 e. The molecule has 96 valence electrons. The van der Waals surface area contributed by atoms with Gasteiger partial charge in [-0.2, -0.15) is 5.26 Å². The maximum absolute atomic E-state index is 13.0. The molecular formula is C15H19FN2. The smallest absolute Gasteiger partial charge is 0.123 e. The molecule has 1 aromatic carbocycles. The van der Waals surface area contributed by atoms with Crippen molar-refractivity contribution in [3.63, 3.8) is 0 Å². The summed E-state index contributed by atoms with van der Waals surface area (Å²) in [6.45, 7) is 5.33. The van der Waals surface area contributed by atoms with Crippen LogP contribution in [0.4, 0.5) is 10.1 Å². The summed E-state index contributed by atoms with van der Waals surface area (Å²) in [4.78, 5) is 2.30. The van der Waals surface area contributed by atoms with Gasteiger partial charge in [0.25, 0.3) is 0 Å². The zero-order chi connectivity index (χ0) is 13.2. The van der Waals surface area contributed by atoms with Gasteiger partial charge in [-0.15, -0.1) is 0 Å². The molecule has 1 fully saturated rings. The minimum absolute atomic E-state index is 0.0498. The number of hydrogen-bond donors (Lipinski definition) is 0. The standard InChI is InChI=1S/C15H19FN2/c1-15(2)12(9-10-17)4-3-11-18(15)14-7-5-13(16)6-8-14/h5-8,12H,3-4,9,11H2,1-2H3. The Balaban J connectivity index is 2.26. The van der Waals surface area contributed by atoms with E-state index in [1.54, 1.807) is 0 Å². The maximum atomic E-state index is 13.0. The molecule has 0 radical (unpaired) electrons. The highest BCUT2D eigenvalue weighted by atomic mass is 19.1. The van der Waals surface area contributed by atoms with Crippen molar-refractivity contribution in [2.24, 2.45) is 5.92 Å². The number of hydrogen-bond acceptors (Lipinski definition) is 2. The average molecular weight is 246 g/mol. The van der Waals surface area contributed by atoms with Gasteiger partial charge in [0.05, 0.1) is 6.07 Å². The Morgan fingerprint density at radius 2 is 2.06 bits per heavy atom. The molecule has 1 aliphatic heterocycles. The first kappa shape index (κ1) is 12.9. The Hall–Kier alpha value is -1.56. The second-order valence-electron chi connectivity index (χ2n) is 5.48. The van der Waals surface area contributed by atoms with Crippen LogP contribution in [-0.2, 0) is 0 Å². The Labute approximate surface area is 108 Å². The van der Waals surface area contributed by atoms with Crippen molar-refractivity contribution < 1.29 is 4.39 Å². The van der Waals surface area contributed by atoms with E-state index in [-0.39, 0.29) is 11.4 Å². The van der Waals surface area contributed by atoms with E-state index in [0.29, 0.717) is 12.3 Å². The summed E-state index contributed by atoms with van der Waals surface area (Å²) in [7, 11) is 0. The highest BCUT2D eigenvalue weighted by molar-refractivity contribution is 5.49. The lowest BCUT2D eigenvalue weighted by Crippen LogP contribution is -2.53. The van der Waals surface area contributed by atoms with Crippen molar-refractivity contribution in [3.8, 4) is 6.07 Å². The summed E-state index contributed by atoms with van der Waals surface area (Å²) in [6, 6.07) is 8.94. The third-order valence-corrected chi connectivity index (χ3v) is 4.11. The fraction of sp³-hybridized carbons (Fsp3) is 0.533. The molecule has 3 heteroatoms. The lowest BCUT2D eigenvalue weighted by Gasteiger charge is -2.49. The number of piperidine rings is 1. The van der Waals surface area contributed by atoms with E-state index in [0.717, 1.165) is 25.1 Å². The van der Waals surface area contributed by atoms with Gasteiger partial charge in [0.15, 0.2) is 0 Å². The van der Waals surface area contributed by atoms with E-state index < -0.39 is 0 Å². The Bertz CT molecular complexity index is 445. The molecule has 18 heavy (non-hydrogen) atoms. The van der Waals surface area contributed by atoms with Gasteiger partial charge < -0.3 is 4.90 Å². The lowest BCUT2D eigenvalue weighted by atomic mass is 9.77. The number of rotatable bonds is 2. The zero-order valence-electron chi connectivity index (χ0n) is 11.0. The summed E-state index contributed by atoms with van der Waals surface area (Å²) in [5, 5.41) is 8.93. The SMILES string of the molecule is CC1(C)C(CC#N)CCCN1c1ccc(F)cc1. The van der Waals surface area contributed by atoms with Crippen LogP contribution in [0.15, 0.2) is 24.3 Å². The van der Waals surface area contributed by atoms with Gasteiger partial charge in [0.1, 0.15) is 5.82 Å². The van der Waals surface area contributed by atoms with Crippen LogP contribution in [0.3, 0.4) is 0 Å². The van der Waals surface area contributed by atoms with Gasteiger partial charge in [-0.25, -0.2) is 4.39 Å². The monoisotopic (exact) mass is 246 g/mol. The summed E-state index contributed by atoms with van der Waals surface area (Å²) < 4.78 is 13.0. The van der Waals surface area contributed by atoms with Gasteiger partial charge in [0.2, 0.25) is 0 Å². The Morgan fingerprint density at radius 3 is 2.67 bits per heavy atom. The summed E-state index contributed by atoms with van der Waals surface area (Å²) in [5.41, 5.74) is 0.996. The first-order valence-corrected chi connectivity index (χ1v) is 6.46. The summed E-state index contributed by atoms with van der Waals surface area (Å²) in [5.74, 6) is 0.170. The molecule has 2 rings (SSSR count). The van der Waals surface area contributed by atoms with Crippen molar-refractivity contribution in [1.29, 1.82) is 5.26 Å². The topological polar surface area (TPSA) is 27.0 Å². The molecule has 1 atom stereocenters. The number of nitrogens with zero attached hydrogens (tertiary/aromatic N) is 2. The fourth-order valence-corrected chi connectivity index (χ4v) is 2.90. The molecule has 1 heterocycles. The third-order valence-electron chi connectivity index (χ3n) is 4.11. The predicted octanol–water partition coefficient (Wildman–Crippen LogP) is 3.73. The fourth-order valence-electron chi connectivity index (χ4n) is 2.90. The predicted molar refractivity (Wildman–Crippen MR) is 70.8 cm³/mol. The molecule has 0 amide bonds. The van der Waals surface area contributed by atoms with Gasteiger partial charge in [0, 0.05) is 24.2 Å². The molecule has 2 nitrogen and oxygen atoms in total. The molecule has 1 aliphatic rings. The van der Waals surface area contributed by atoms with E-state index >= 15 is 0 Å². The Kier molecular flexibility index (Phi) is 3.56. The number of benzene rings is 1. The number of halogens is 1. The third kappa shape index (κ3) is 2.33. The molecule has 1 unspecified atom stereocenters. The van der Waals surface area contributed by atoms with Crippen LogP contribution in [0.1, 0.15) is 33.1 Å². The van der Waals surface area contributed by atoms with Crippen LogP contribution < -0.4 is 4.90 Å². The van der Waals surface area contributed by atoms with E-state index in [1.807, 2.05) is 12.1 Å². The van der Waals surface area contributed by atoms with Crippen LogP contribution in [0.5, 0.6) is 0 Å². The van der Waals surface area contributed by atoms with Crippen molar-refractivity contribution >= 4 is 5.69 Å². The molecular weight excluding hydrogens is 227 g/mol. The van der Waals surface area contributed by atoms with Crippen LogP contribution in [0, 0.1) is 23.1 Å². The lowest BCUT2D eigenvalue weighted by molar-refractivity contribution is 0.242. The normalized spacial score (nSPS) is 22.6. The maximum Gasteiger partial charge on any atom is 0.123 e. The molecule has 0 bridgehead atoms. The van der Waals surface area contributed by atoms with Crippen LogP contribution in [0.25, 0.3) is 0 Å². The number of nitriles is 1. The molecule has 1 saturated heterocycles. The highest BCUT2D eigenvalue weighted by Crippen LogP contribution is 2.38. The van der Waals surface area contributed by atoms with Crippen LogP contribution >= 0.6 is 0 Å². The van der Waals surface area contributed by atoms with Crippen molar-refractivity contribution in [2.75, 3.05) is 11.4 Å². The van der Waals surface area contributed by atoms with E-state index in [2.05, 4.69) is 24.8 Å². The van der Waals surface area contributed by atoms with E-state index in [9.17, 15) is 4.39 Å². The number of anilines is 1. The highest BCUT2D eigenvalue weighted by Gasteiger charge is 2.38. The molecule has 0 aromatic heterocycles. The van der Waals surface area contributed by atoms with Crippen LogP contribution in [0.2, 0.25) is 0 Å². The molecule has 0 aliphatic carbocycles. The molecule has 0 N–H and O–H groups in total. The van der Waals surface area contributed by atoms with E-state index in [4.69, 9.17) is 5.26 Å².